The zero-order valence-electron chi connectivity index (χ0n) is 13.5. The van der Waals surface area contributed by atoms with Gasteiger partial charge in [0.15, 0.2) is 11.5 Å². The van der Waals surface area contributed by atoms with E-state index >= 15 is 0 Å². The summed E-state index contributed by atoms with van der Waals surface area (Å²) in [5.41, 5.74) is 3.36. The molecule has 0 saturated carbocycles. The monoisotopic (exact) mass is 342 g/mol. The van der Waals surface area contributed by atoms with Crippen molar-refractivity contribution in [2.24, 2.45) is 5.10 Å². The molecule has 1 N–H and O–H groups in total. The summed E-state index contributed by atoms with van der Waals surface area (Å²) < 4.78 is 10.6. The Morgan fingerprint density at radius 3 is 2.28 bits per heavy atom. The van der Waals surface area contributed by atoms with Crippen LogP contribution < -0.4 is 20.0 Å². The van der Waals surface area contributed by atoms with Gasteiger partial charge in [-0.3, -0.25) is 9.78 Å². The fourth-order valence-electron chi connectivity index (χ4n) is 1.75. The van der Waals surface area contributed by atoms with Crippen molar-refractivity contribution in [3.63, 3.8) is 0 Å². The van der Waals surface area contributed by atoms with Gasteiger partial charge in [0.25, 0.3) is 5.91 Å². The number of para-hydroxylation sites is 2. The molecule has 1 amide bonds. The Labute approximate surface area is 144 Å². The van der Waals surface area contributed by atoms with Crippen LogP contribution in [0.3, 0.4) is 0 Å². The highest BCUT2D eigenvalue weighted by atomic mass is 16.5. The fourth-order valence-corrected chi connectivity index (χ4v) is 1.75. The van der Waals surface area contributed by atoms with Gasteiger partial charge in [-0.05, 0) is 31.2 Å². The van der Waals surface area contributed by atoms with Gasteiger partial charge in [0.05, 0.1) is 11.7 Å². The number of pyridine rings is 1. The van der Waals surface area contributed by atoms with E-state index in [0.717, 1.165) is 0 Å². The van der Waals surface area contributed by atoms with Crippen molar-refractivity contribution in [2.75, 3.05) is 13.2 Å². The molecule has 0 unspecified atom stereocenters. The molecule has 8 nitrogen and oxygen atoms in total. The second-order valence-corrected chi connectivity index (χ2v) is 4.92. The van der Waals surface area contributed by atoms with E-state index in [0.29, 0.717) is 17.0 Å². The molecule has 0 atom stereocenters. The van der Waals surface area contributed by atoms with Crippen LogP contribution in [0.15, 0.2) is 53.9 Å². The molecule has 0 aliphatic carbocycles. The van der Waals surface area contributed by atoms with Crippen molar-refractivity contribution in [1.29, 1.82) is 0 Å². The minimum Gasteiger partial charge on any atom is -0.546 e. The van der Waals surface area contributed by atoms with E-state index in [-0.39, 0.29) is 18.3 Å². The maximum absolute atomic E-state index is 11.9. The van der Waals surface area contributed by atoms with E-state index < -0.39 is 12.6 Å². The molecule has 0 spiro atoms. The summed E-state index contributed by atoms with van der Waals surface area (Å²) in [4.78, 5) is 26.2. The van der Waals surface area contributed by atoms with E-state index in [9.17, 15) is 14.7 Å². The molecule has 1 aromatic heterocycles. The minimum atomic E-state index is -1.33. The second kappa shape index (κ2) is 9.02. The summed E-state index contributed by atoms with van der Waals surface area (Å²) in [5.74, 6) is -1.05. The summed E-state index contributed by atoms with van der Waals surface area (Å²) in [6.07, 6.45) is 3.02. The number of ether oxygens (including phenoxy) is 2. The smallest absolute Gasteiger partial charge is 0.271 e. The number of carbonyl (C=O) groups excluding carboxylic acids is 2. The summed E-state index contributed by atoms with van der Waals surface area (Å²) in [5, 5.41) is 14.4. The number of hydrogen-bond acceptors (Lipinski definition) is 7. The molecular formula is C17H16N3O5-. The predicted octanol–water partition coefficient (Wildman–Crippen LogP) is 0.395. The lowest BCUT2D eigenvalue weighted by Gasteiger charge is -2.12. The van der Waals surface area contributed by atoms with E-state index in [1.807, 2.05) is 0 Å². The van der Waals surface area contributed by atoms with Gasteiger partial charge in [-0.15, -0.1) is 0 Å². The van der Waals surface area contributed by atoms with Gasteiger partial charge in [-0.2, -0.15) is 5.10 Å². The Bertz CT molecular complexity index is 762. The number of hydrogen-bond donors (Lipinski definition) is 1. The molecule has 2 rings (SSSR count). The van der Waals surface area contributed by atoms with Crippen molar-refractivity contribution >= 4 is 17.6 Å². The average Bonchev–Trinajstić information content (AvgIpc) is 2.64. The molecule has 0 saturated heterocycles. The minimum absolute atomic E-state index is 0.0856. The Hall–Kier alpha value is -3.42. The Morgan fingerprint density at radius 1 is 1.08 bits per heavy atom. The first-order valence-electron chi connectivity index (χ1n) is 7.34. The highest BCUT2D eigenvalue weighted by Crippen LogP contribution is 2.26. The average molecular weight is 342 g/mol. The normalized spacial score (nSPS) is 10.8. The maximum Gasteiger partial charge on any atom is 0.271 e. The molecule has 2 aromatic rings. The van der Waals surface area contributed by atoms with Crippen molar-refractivity contribution in [3.8, 4) is 11.5 Å². The topological polar surface area (TPSA) is 113 Å². The van der Waals surface area contributed by atoms with Crippen molar-refractivity contribution in [2.45, 2.75) is 6.92 Å². The lowest BCUT2D eigenvalue weighted by molar-refractivity contribution is -0.307. The molecule has 0 fully saturated rings. The molecule has 0 radical (unpaired) electrons. The number of benzene rings is 1. The Balaban J connectivity index is 1.90. The number of rotatable bonds is 8. The molecule has 25 heavy (non-hydrogen) atoms. The fraction of sp³-hybridized carbons (Fsp3) is 0.176. The van der Waals surface area contributed by atoms with E-state index in [4.69, 9.17) is 9.47 Å². The highest BCUT2D eigenvalue weighted by molar-refractivity contribution is 5.95. The first-order valence-corrected chi connectivity index (χ1v) is 7.34. The number of amides is 1. The largest absolute Gasteiger partial charge is 0.546 e. The van der Waals surface area contributed by atoms with Gasteiger partial charge in [-0.25, -0.2) is 5.43 Å². The third kappa shape index (κ3) is 5.94. The summed E-state index contributed by atoms with van der Waals surface area (Å²) >= 11 is 0. The van der Waals surface area contributed by atoms with Crippen LogP contribution in [-0.4, -0.2) is 35.8 Å². The maximum atomic E-state index is 11.9. The quantitative estimate of drug-likeness (QED) is 0.549. The number of aromatic nitrogens is 1. The number of nitrogens with one attached hydrogen (secondary N) is 1. The third-order valence-corrected chi connectivity index (χ3v) is 2.92. The first-order chi connectivity index (χ1) is 12.1. The Morgan fingerprint density at radius 2 is 1.68 bits per heavy atom. The number of carboxylic acid groups (broad SMARTS) is 1. The van der Waals surface area contributed by atoms with E-state index in [1.165, 1.54) is 12.4 Å². The molecule has 130 valence electrons. The van der Waals surface area contributed by atoms with Crippen LogP contribution in [0.25, 0.3) is 0 Å². The molecular weight excluding hydrogens is 326 g/mol. The molecule has 1 aromatic carbocycles. The van der Waals surface area contributed by atoms with Gasteiger partial charge >= 0.3 is 0 Å². The first kappa shape index (κ1) is 17.9. The number of carbonyl (C=O) groups is 2. The predicted molar refractivity (Wildman–Crippen MR) is 87.3 cm³/mol. The number of hydrazone groups is 1. The van der Waals surface area contributed by atoms with Crippen LogP contribution in [0.2, 0.25) is 0 Å². The summed E-state index contributed by atoms with van der Waals surface area (Å²) in [7, 11) is 0. The van der Waals surface area contributed by atoms with Gasteiger partial charge in [0, 0.05) is 18.0 Å². The molecule has 0 bridgehead atoms. The number of carboxylic acids is 1. The van der Waals surface area contributed by atoms with Gasteiger partial charge < -0.3 is 19.4 Å². The van der Waals surface area contributed by atoms with Crippen LogP contribution in [0.1, 0.15) is 17.3 Å². The van der Waals surface area contributed by atoms with E-state index in [1.54, 1.807) is 43.3 Å². The zero-order valence-corrected chi connectivity index (χ0v) is 13.5. The van der Waals surface area contributed by atoms with Crippen LogP contribution in [-0.2, 0) is 4.79 Å². The molecule has 1 heterocycles. The SMILES string of the molecule is C/C(COc1ccccc1OCC(=O)[O-])=N\NC(=O)c1ccncc1. The standard InChI is InChI=1S/C17H17N3O5/c1-12(19-20-17(23)13-6-8-18-9-7-13)10-24-14-4-2-3-5-15(14)25-11-16(21)22/h2-9H,10-11H2,1H3,(H,20,23)(H,21,22)/p-1/b19-12+. The third-order valence-electron chi connectivity index (χ3n) is 2.92. The summed E-state index contributed by atoms with van der Waals surface area (Å²) in [6, 6.07) is 9.76. The number of nitrogens with zero attached hydrogens (tertiary/aromatic N) is 2. The molecule has 0 aliphatic heterocycles. The lowest BCUT2D eigenvalue weighted by Crippen LogP contribution is -2.29. The van der Waals surface area contributed by atoms with Crippen molar-refractivity contribution < 1.29 is 24.2 Å². The van der Waals surface area contributed by atoms with Crippen LogP contribution in [0.5, 0.6) is 11.5 Å². The van der Waals surface area contributed by atoms with Crippen LogP contribution >= 0.6 is 0 Å². The molecule has 0 aliphatic rings. The molecule has 8 heteroatoms. The van der Waals surface area contributed by atoms with Crippen LogP contribution in [0.4, 0.5) is 0 Å². The Kier molecular flexibility index (Phi) is 6.47. The number of aliphatic carboxylic acids is 1. The van der Waals surface area contributed by atoms with Gasteiger partial charge in [0.1, 0.15) is 13.2 Å². The highest BCUT2D eigenvalue weighted by Gasteiger charge is 2.06. The zero-order chi connectivity index (χ0) is 18.1. The van der Waals surface area contributed by atoms with Gasteiger partial charge in [0.2, 0.25) is 0 Å². The van der Waals surface area contributed by atoms with Crippen molar-refractivity contribution in [3.05, 3.63) is 54.4 Å². The summed E-state index contributed by atoms with van der Waals surface area (Å²) in [6.45, 7) is 1.19. The van der Waals surface area contributed by atoms with Crippen molar-refractivity contribution in [1.82, 2.24) is 10.4 Å². The van der Waals surface area contributed by atoms with Crippen LogP contribution in [0, 0.1) is 0 Å². The lowest BCUT2D eigenvalue weighted by atomic mass is 10.3. The van der Waals surface area contributed by atoms with E-state index in [2.05, 4.69) is 15.5 Å². The second-order valence-electron chi connectivity index (χ2n) is 4.92. The van der Waals surface area contributed by atoms with Gasteiger partial charge in [-0.1, -0.05) is 12.1 Å².